The van der Waals surface area contributed by atoms with Crippen LogP contribution in [0.2, 0.25) is 0 Å². The number of ether oxygens (including phenoxy) is 1. The molecule has 20 heavy (non-hydrogen) atoms. The Balaban J connectivity index is 1.84. The number of carbonyl (C=O) groups is 1. The number of rotatable bonds is 5. The van der Waals surface area contributed by atoms with Gasteiger partial charge in [-0.25, -0.2) is 0 Å². The summed E-state index contributed by atoms with van der Waals surface area (Å²) >= 11 is 0. The second-order valence-electron chi connectivity index (χ2n) is 5.63. The second kappa shape index (κ2) is 6.75. The van der Waals surface area contributed by atoms with E-state index in [0.717, 1.165) is 43.7 Å². The molecule has 0 radical (unpaired) electrons. The van der Waals surface area contributed by atoms with Crippen LogP contribution >= 0.6 is 0 Å². The first-order valence-electron chi connectivity index (χ1n) is 7.27. The molecule has 0 atom stereocenters. The van der Waals surface area contributed by atoms with Gasteiger partial charge in [-0.05, 0) is 44.0 Å². The Morgan fingerprint density at radius 2 is 2.05 bits per heavy atom. The largest absolute Gasteiger partial charge is 0.496 e. The number of hydrogen-bond donors (Lipinski definition) is 2. The summed E-state index contributed by atoms with van der Waals surface area (Å²) in [6.07, 6.45) is 2.62. The molecule has 2 rings (SSSR count). The normalized spacial score (nSPS) is 17.5. The van der Waals surface area contributed by atoms with Crippen molar-refractivity contribution in [1.29, 1.82) is 0 Å². The predicted molar refractivity (Wildman–Crippen MR) is 79.9 cm³/mol. The van der Waals surface area contributed by atoms with E-state index in [1.165, 1.54) is 0 Å². The molecule has 1 aliphatic rings. The van der Waals surface area contributed by atoms with E-state index in [4.69, 9.17) is 4.74 Å². The number of methoxy groups -OCH3 is 1. The van der Waals surface area contributed by atoms with E-state index in [2.05, 4.69) is 17.6 Å². The van der Waals surface area contributed by atoms with E-state index in [0.29, 0.717) is 6.54 Å². The smallest absolute Gasteiger partial charge is 0.226 e. The third-order valence-electron chi connectivity index (χ3n) is 4.13. The lowest BCUT2D eigenvalue weighted by atomic mass is 9.80. The van der Waals surface area contributed by atoms with E-state index >= 15 is 0 Å². The zero-order chi connectivity index (χ0) is 14.4. The molecule has 2 N–H and O–H groups in total. The summed E-state index contributed by atoms with van der Waals surface area (Å²) in [4.78, 5) is 12.3. The minimum absolute atomic E-state index is 0.175. The van der Waals surface area contributed by atoms with Gasteiger partial charge in [0.25, 0.3) is 0 Å². The third-order valence-corrected chi connectivity index (χ3v) is 4.13. The van der Waals surface area contributed by atoms with Crippen molar-refractivity contribution < 1.29 is 9.53 Å². The Labute approximate surface area is 120 Å². The highest BCUT2D eigenvalue weighted by Gasteiger charge is 2.34. The summed E-state index contributed by atoms with van der Waals surface area (Å²) in [6, 6.07) is 7.94. The SMILES string of the molecule is COc1ccccc1CCNC(=O)C1(C)CCNCC1. The summed E-state index contributed by atoms with van der Waals surface area (Å²) < 4.78 is 5.32. The summed E-state index contributed by atoms with van der Waals surface area (Å²) in [5.41, 5.74) is 0.914. The molecule has 1 fully saturated rings. The number of piperidine rings is 1. The topological polar surface area (TPSA) is 50.4 Å². The zero-order valence-electron chi connectivity index (χ0n) is 12.4. The van der Waals surface area contributed by atoms with Crippen LogP contribution in [-0.4, -0.2) is 32.7 Å². The number of benzene rings is 1. The summed E-state index contributed by atoms with van der Waals surface area (Å²) in [5, 5.41) is 6.37. The van der Waals surface area contributed by atoms with Gasteiger partial charge in [0.1, 0.15) is 5.75 Å². The first-order valence-corrected chi connectivity index (χ1v) is 7.27. The Bertz CT molecular complexity index is 454. The first-order chi connectivity index (χ1) is 9.65. The molecule has 4 heteroatoms. The quantitative estimate of drug-likeness (QED) is 0.861. The van der Waals surface area contributed by atoms with Crippen molar-refractivity contribution in [2.75, 3.05) is 26.7 Å². The van der Waals surface area contributed by atoms with Gasteiger partial charge in [-0.1, -0.05) is 25.1 Å². The minimum atomic E-state index is -0.216. The Morgan fingerprint density at radius 3 is 2.75 bits per heavy atom. The van der Waals surface area contributed by atoms with E-state index in [1.807, 2.05) is 24.3 Å². The van der Waals surface area contributed by atoms with E-state index in [-0.39, 0.29) is 11.3 Å². The molecule has 110 valence electrons. The highest BCUT2D eigenvalue weighted by atomic mass is 16.5. The van der Waals surface area contributed by atoms with Gasteiger partial charge in [-0.2, -0.15) is 0 Å². The van der Waals surface area contributed by atoms with Gasteiger partial charge in [0.15, 0.2) is 0 Å². The lowest BCUT2D eigenvalue weighted by molar-refractivity contribution is -0.131. The molecule has 1 heterocycles. The number of hydrogen-bond acceptors (Lipinski definition) is 3. The van der Waals surface area contributed by atoms with Crippen LogP contribution in [0.5, 0.6) is 5.75 Å². The molecule has 0 spiro atoms. The van der Waals surface area contributed by atoms with Crippen LogP contribution in [-0.2, 0) is 11.2 Å². The maximum atomic E-state index is 12.3. The molecule has 1 amide bonds. The average molecular weight is 276 g/mol. The van der Waals surface area contributed by atoms with Crippen LogP contribution in [0.1, 0.15) is 25.3 Å². The fourth-order valence-corrected chi connectivity index (χ4v) is 2.64. The number of carbonyl (C=O) groups excluding carboxylic acids is 1. The van der Waals surface area contributed by atoms with Crippen LogP contribution in [0.3, 0.4) is 0 Å². The highest BCUT2D eigenvalue weighted by Crippen LogP contribution is 2.27. The van der Waals surface area contributed by atoms with Gasteiger partial charge in [0.2, 0.25) is 5.91 Å². The monoisotopic (exact) mass is 276 g/mol. The van der Waals surface area contributed by atoms with Gasteiger partial charge in [-0.3, -0.25) is 4.79 Å². The van der Waals surface area contributed by atoms with Crippen molar-refractivity contribution in [3.05, 3.63) is 29.8 Å². The first kappa shape index (κ1) is 14.9. The minimum Gasteiger partial charge on any atom is -0.496 e. The van der Waals surface area contributed by atoms with Crippen LogP contribution in [0.25, 0.3) is 0 Å². The lowest BCUT2D eigenvalue weighted by Gasteiger charge is -2.32. The molecule has 0 aliphatic carbocycles. The molecule has 1 saturated heterocycles. The highest BCUT2D eigenvalue weighted by molar-refractivity contribution is 5.82. The van der Waals surface area contributed by atoms with Crippen molar-refractivity contribution in [3.8, 4) is 5.75 Å². The average Bonchev–Trinajstić information content (AvgIpc) is 2.48. The van der Waals surface area contributed by atoms with Crippen LogP contribution in [0.4, 0.5) is 0 Å². The van der Waals surface area contributed by atoms with Crippen molar-refractivity contribution in [2.24, 2.45) is 5.41 Å². The Hall–Kier alpha value is -1.55. The summed E-state index contributed by atoms with van der Waals surface area (Å²) in [5.74, 6) is 1.06. The second-order valence-corrected chi connectivity index (χ2v) is 5.63. The molecular weight excluding hydrogens is 252 g/mol. The van der Waals surface area contributed by atoms with Crippen molar-refractivity contribution in [2.45, 2.75) is 26.2 Å². The fraction of sp³-hybridized carbons (Fsp3) is 0.562. The Kier molecular flexibility index (Phi) is 5.01. The molecule has 1 aliphatic heterocycles. The van der Waals surface area contributed by atoms with Gasteiger partial charge < -0.3 is 15.4 Å². The van der Waals surface area contributed by atoms with Gasteiger partial charge in [-0.15, -0.1) is 0 Å². The van der Waals surface area contributed by atoms with Gasteiger partial charge in [0.05, 0.1) is 7.11 Å². The molecule has 0 bridgehead atoms. The number of amides is 1. The van der Waals surface area contributed by atoms with Crippen molar-refractivity contribution >= 4 is 5.91 Å². The summed E-state index contributed by atoms with van der Waals surface area (Å²) in [7, 11) is 1.67. The Morgan fingerprint density at radius 1 is 1.35 bits per heavy atom. The molecule has 0 saturated carbocycles. The maximum absolute atomic E-state index is 12.3. The molecule has 0 aromatic heterocycles. The standard InChI is InChI=1S/C16H24N2O2/c1-16(8-11-17-12-9-16)15(19)18-10-7-13-5-3-4-6-14(13)20-2/h3-6,17H,7-12H2,1-2H3,(H,18,19). The lowest BCUT2D eigenvalue weighted by Crippen LogP contribution is -2.46. The zero-order valence-corrected chi connectivity index (χ0v) is 12.4. The van der Waals surface area contributed by atoms with Gasteiger partial charge >= 0.3 is 0 Å². The molecule has 4 nitrogen and oxygen atoms in total. The fourth-order valence-electron chi connectivity index (χ4n) is 2.64. The maximum Gasteiger partial charge on any atom is 0.226 e. The van der Waals surface area contributed by atoms with Crippen molar-refractivity contribution in [3.63, 3.8) is 0 Å². The molecule has 1 aromatic rings. The van der Waals surface area contributed by atoms with Gasteiger partial charge in [0, 0.05) is 12.0 Å². The van der Waals surface area contributed by atoms with Crippen LogP contribution < -0.4 is 15.4 Å². The number of nitrogens with one attached hydrogen (secondary N) is 2. The van der Waals surface area contributed by atoms with Crippen LogP contribution in [0.15, 0.2) is 24.3 Å². The van der Waals surface area contributed by atoms with Crippen LogP contribution in [0, 0.1) is 5.41 Å². The van der Waals surface area contributed by atoms with E-state index < -0.39 is 0 Å². The number of para-hydroxylation sites is 1. The van der Waals surface area contributed by atoms with E-state index in [1.54, 1.807) is 7.11 Å². The molecule has 1 aromatic carbocycles. The third kappa shape index (κ3) is 3.51. The van der Waals surface area contributed by atoms with Crippen molar-refractivity contribution in [1.82, 2.24) is 10.6 Å². The summed E-state index contributed by atoms with van der Waals surface area (Å²) in [6.45, 7) is 4.57. The molecule has 0 unspecified atom stereocenters. The predicted octanol–water partition coefficient (Wildman–Crippen LogP) is 1.74. The van der Waals surface area contributed by atoms with E-state index in [9.17, 15) is 4.79 Å². The molecular formula is C16H24N2O2.